The number of carboxylic acid groups (broad SMARTS) is 1. The highest BCUT2D eigenvalue weighted by Crippen LogP contribution is 2.15. The fraction of sp³-hybridized carbons (Fsp3) is 0.357. The number of carbonyl (C=O) groups is 3. The number of anilines is 1. The average molecular weight is 293 g/mol. The largest absolute Gasteiger partial charge is 0.478 e. The van der Waals surface area contributed by atoms with Gasteiger partial charge in [0.05, 0.1) is 5.56 Å². The van der Waals surface area contributed by atoms with Crippen LogP contribution in [0, 0.1) is 6.92 Å². The van der Waals surface area contributed by atoms with Crippen molar-refractivity contribution in [2.24, 2.45) is 0 Å². The second-order valence-corrected chi connectivity index (χ2v) is 4.89. The normalized spacial score (nSPS) is 11.4. The van der Waals surface area contributed by atoms with Crippen molar-refractivity contribution in [2.45, 2.75) is 19.9 Å². The van der Waals surface area contributed by atoms with Crippen LogP contribution in [0.25, 0.3) is 0 Å². The molecular formula is C14H19N3O4. The quantitative estimate of drug-likeness (QED) is 0.779. The van der Waals surface area contributed by atoms with Crippen LogP contribution in [-0.4, -0.2) is 48.1 Å². The van der Waals surface area contributed by atoms with Crippen LogP contribution in [0.5, 0.6) is 0 Å². The van der Waals surface area contributed by atoms with Crippen molar-refractivity contribution in [3.8, 4) is 0 Å². The number of nitrogens with one attached hydrogen (secondary N) is 2. The van der Waals surface area contributed by atoms with Crippen molar-refractivity contribution in [1.82, 2.24) is 10.2 Å². The molecule has 0 aliphatic carbocycles. The average Bonchev–Trinajstić information content (AvgIpc) is 2.39. The van der Waals surface area contributed by atoms with Gasteiger partial charge in [-0.05, 0) is 31.5 Å². The van der Waals surface area contributed by atoms with Gasteiger partial charge in [0.2, 0.25) is 5.91 Å². The third kappa shape index (κ3) is 4.48. The van der Waals surface area contributed by atoms with Crippen LogP contribution in [0.1, 0.15) is 22.8 Å². The highest BCUT2D eigenvalue weighted by Gasteiger charge is 2.17. The molecule has 0 aromatic heterocycles. The summed E-state index contributed by atoms with van der Waals surface area (Å²) in [6, 6.07) is 3.32. The molecule has 1 atom stereocenters. The first-order valence-corrected chi connectivity index (χ1v) is 6.35. The van der Waals surface area contributed by atoms with E-state index in [2.05, 4.69) is 10.6 Å². The standard InChI is InChI=1S/C14H19N3O4/c1-8-5-6-10(7-11(8)13(19)20)16-14(21)15-9(2)12(18)17(3)4/h5-7,9H,1-4H3,(H,19,20)(H2,15,16,21). The number of likely N-dealkylation sites (N-methyl/N-ethyl adjacent to an activating group) is 1. The maximum Gasteiger partial charge on any atom is 0.336 e. The van der Waals surface area contributed by atoms with E-state index in [4.69, 9.17) is 5.11 Å². The molecule has 114 valence electrons. The number of carboxylic acids is 1. The molecule has 1 aromatic carbocycles. The smallest absolute Gasteiger partial charge is 0.336 e. The summed E-state index contributed by atoms with van der Waals surface area (Å²) in [6.45, 7) is 3.24. The van der Waals surface area contributed by atoms with Crippen molar-refractivity contribution >= 4 is 23.6 Å². The SMILES string of the molecule is Cc1ccc(NC(=O)NC(C)C(=O)N(C)C)cc1C(=O)O. The Labute approximate surface area is 122 Å². The number of benzene rings is 1. The summed E-state index contributed by atoms with van der Waals surface area (Å²) >= 11 is 0. The first kappa shape index (κ1) is 16.5. The van der Waals surface area contributed by atoms with Crippen LogP contribution in [-0.2, 0) is 4.79 Å². The van der Waals surface area contributed by atoms with Gasteiger partial charge in [0.15, 0.2) is 0 Å². The molecular weight excluding hydrogens is 274 g/mol. The van der Waals surface area contributed by atoms with E-state index in [9.17, 15) is 14.4 Å². The van der Waals surface area contributed by atoms with Gasteiger partial charge in [-0.3, -0.25) is 4.79 Å². The minimum absolute atomic E-state index is 0.116. The molecule has 3 amide bonds. The summed E-state index contributed by atoms with van der Waals surface area (Å²) in [7, 11) is 3.19. The summed E-state index contributed by atoms with van der Waals surface area (Å²) in [5.74, 6) is -1.30. The Bertz CT molecular complexity index is 569. The monoisotopic (exact) mass is 293 g/mol. The van der Waals surface area contributed by atoms with Gasteiger partial charge in [-0.2, -0.15) is 0 Å². The lowest BCUT2D eigenvalue weighted by Crippen LogP contribution is -2.45. The van der Waals surface area contributed by atoms with Crippen molar-refractivity contribution < 1.29 is 19.5 Å². The minimum Gasteiger partial charge on any atom is -0.478 e. The Kier molecular flexibility index (Phi) is 5.29. The van der Waals surface area contributed by atoms with E-state index in [0.717, 1.165) is 0 Å². The molecule has 0 aliphatic heterocycles. The van der Waals surface area contributed by atoms with Crippen LogP contribution in [0.3, 0.4) is 0 Å². The van der Waals surface area contributed by atoms with Crippen molar-refractivity contribution in [1.29, 1.82) is 0 Å². The predicted molar refractivity (Wildman–Crippen MR) is 78.4 cm³/mol. The second-order valence-electron chi connectivity index (χ2n) is 4.89. The van der Waals surface area contributed by atoms with Gasteiger partial charge in [0.25, 0.3) is 0 Å². The Morgan fingerprint density at radius 3 is 2.38 bits per heavy atom. The summed E-state index contributed by atoms with van der Waals surface area (Å²) in [5.41, 5.74) is 1.06. The van der Waals surface area contributed by atoms with Crippen LogP contribution in [0.2, 0.25) is 0 Å². The Morgan fingerprint density at radius 1 is 1.24 bits per heavy atom. The van der Waals surface area contributed by atoms with Gasteiger partial charge in [0, 0.05) is 19.8 Å². The van der Waals surface area contributed by atoms with Gasteiger partial charge < -0.3 is 20.6 Å². The molecule has 3 N–H and O–H groups in total. The Morgan fingerprint density at radius 2 is 1.86 bits per heavy atom. The fourth-order valence-electron chi connectivity index (χ4n) is 1.74. The van der Waals surface area contributed by atoms with Crippen LogP contribution in [0.15, 0.2) is 18.2 Å². The van der Waals surface area contributed by atoms with E-state index >= 15 is 0 Å². The highest BCUT2D eigenvalue weighted by molar-refractivity contribution is 5.95. The number of amides is 3. The third-order valence-electron chi connectivity index (χ3n) is 2.88. The highest BCUT2D eigenvalue weighted by atomic mass is 16.4. The topological polar surface area (TPSA) is 98.7 Å². The molecule has 0 saturated heterocycles. The Hall–Kier alpha value is -2.57. The zero-order valence-electron chi connectivity index (χ0n) is 12.4. The lowest BCUT2D eigenvalue weighted by molar-refractivity contribution is -0.130. The van der Waals surface area contributed by atoms with Crippen molar-refractivity contribution in [2.75, 3.05) is 19.4 Å². The number of rotatable bonds is 4. The molecule has 0 heterocycles. The van der Waals surface area contributed by atoms with Gasteiger partial charge >= 0.3 is 12.0 Å². The van der Waals surface area contributed by atoms with E-state index in [1.54, 1.807) is 40.1 Å². The number of hydrogen-bond donors (Lipinski definition) is 3. The molecule has 1 aromatic rings. The van der Waals surface area contributed by atoms with Crippen molar-refractivity contribution in [3.05, 3.63) is 29.3 Å². The van der Waals surface area contributed by atoms with Crippen LogP contribution >= 0.6 is 0 Å². The maximum atomic E-state index is 11.8. The molecule has 0 saturated carbocycles. The molecule has 0 radical (unpaired) electrons. The molecule has 0 fully saturated rings. The van der Waals surface area contributed by atoms with Crippen LogP contribution in [0.4, 0.5) is 10.5 Å². The molecule has 7 nitrogen and oxygen atoms in total. The molecule has 0 spiro atoms. The number of urea groups is 1. The molecule has 0 bridgehead atoms. The summed E-state index contributed by atoms with van der Waals surface area (Å²) in [6.07, 6.45) is 0. The Balaban J connectivity index is 2.74. The molecule has 1 rings (SSSR count). The van der Waals surface area contributed by atoms with Crippen LogP contribution < -0.4 is 10.6 Å². The van der Waals surface area contributed by atoms with E-state index in [-0.39, 0.29) is 11.5 Å². The number of hydrogen-bond acceptors (Lipinski definition) is 3. The lowest BCUT2D eigenvalue weighted by Gasteiger charge is -2.18. The van der Waals surface area contributed by atoms with Crippen molar-refractivity contribution in [3.63, 3.8) is 0 Å². The molecule has 0 aliphatic rings. The summed E-state index contributed by atoms with van der Waals surface area (Å²) in [5, 5.41) is 14.0. The number of aryl methyl sites for hydroxylation is 1. The summed E-state index contributed by atoms with van der Waals surface area (Å²) in [4.78, 5) is 35.8. The van der Waals surface area contributed by atoms with E-state index in [1.165, 1.54) is 11.0 Å². The van der Waals surface area contributed by atoms with Gasteiger partial charge in [-0.25, -0.2) is 9.59 Å². The van der Waals surface area contributed by atoms with Gasteiger partial charge in [-0.1, -0.05) is 6.07 Å². The zero-order valence-corrected chi connectivity index (χ0v) is 12.4. The number of nitrogens with zero attached hydrogens (tertiary/aromatic N) is 1. The molecule has 21 heavy (non-hydrogen) atoms. The first-order valence-electron chi connectivity index (χ1n) is 6.35. The predicted octanol–water partition coefficient (Wildman–Crippen LogP) is 1.29. The third-order valence-corrected chi connectivity index (χ3v) is 2.88. The molecule has 7 heteroatoms. The number of carbonyl (C=O) groups excluding carboxylic acids is 2. The minimum atomic E-state index is -1.06. The fourth-order valence-corrected chi connectivity index (χ4v) is 1.74. The number of aromatic carboxylic acids is 1. The zero-order chi connectivity index (χ0) is 16.2. The first-order chi connectivity index (χ1) is 9.72. The van der Waals surface area contributed by atoms with E-state index < -0.39 is 18.0 Å². The van der Waals surface area contributed by atoms with E-state index in [0.29, 0.717) is 11.3 Å². The molecule has 1 unspecified atom stereocenters. The second kappa shape index (κ2) is 6.74. The lowest BCUT2D eigenvalue weighted by atomic mass is 10.1. The van der Waals surface area contributed by atoms with Gasteiger partial charge in [0.1, 0.15) is 6.04 Å². The van der Waals surface area contributed by atoms with E-state index in [1.807, 2.05) is 0 Å². The van der Waals surface area contributed by atoms with Gasteiger partial charge in [-0.15, -0.1) is 0 Å². The summed E-state index contributed by atoms with van der Waals surface area (Å²) < 4.78 is 0. The maximum absolute atomic E-state index is 11.8.